The summed E-state index contributed by atoms with van der Waals surface area (Å²) in [5.41, 5.74) is 3.08. The molecular weight excluding hydrogens is 539 g/mol. The predicted molar refractivity (Wildman–Crippen MR) is 161 cm³/mol. The standard InChI is InChI=1S/C32H39FN4O5/c1-4-5-7-12-36-19-25(31(39)40)30(38)28-20(2)29(33)27(15-26(28)36)35-13-8-6-9-21-14-23(11-10-22(21)17-35)37-18-24(16-34-3)42-32(37)41/h10-11,14-15,19,24,34H,4-9,12-13,16-18H2,1-3H3,(H,39,40). The summed E-state index contributed by atoms with van der Waals surface area (Å²) in [6, 6.07) is 7.69. The third-order valence-electron chi connectivity index (χ3n) is 8.39. The van der Waals surface area contributed by atoms with Crippen LogP contribution in [-0.4, -0.2) is 54.5 Å². The molecule has 2 aliphatic heterocycles. The Morgan fingerprint density at radius 1 is 1.17 bits per heavy atom. The molecule has 1 unspecified atom stereocenters. The van der Waals surface area contributed by atoms with Crippen molar-refractivity contribution in [2.24, 2.45) is 0 Å². The lowest BCUT2D eigenvalue weighted by atomic mass is 9.97. The van der Waals surface area contributed by atoms with E-state index in [1.165, 1.54) is 6.20 Å². The third kappa shape index (κ3) is 5.72. The minimum atomic E-state index is -1.31. The number of ether oxygens (including phenoxy) is 1. The number of hydrogen-bond donors (Lipinski definition) is 2. The van der Waals surface area contributed by atoms with Gasteiger partial charge in [0.25, 0.3) is 0 Å². The van der Waals surface area contributed by atoms with E-state index in [1.54, 1.807) is 22.5 Å². The first kappa shape index (κ1) is 29.6. The van der Waals surface area contributed by atoms with Crippen LogP contribution in [0.2, 0.25) is 0 Å². The predicted octanol–water partition coefficient (Wildman–Crippen LogP) is 5.22. The van der Waals surface area contributed by atoms with E-state index in [4.69, 9.17) is 4.74 Å². The van der Waals surface area contributed by atoms with Crippen molar-refractivity contribution >= 4 is 34.3 Å². The number of carboxylic acids is 1. The number of nitrogens with zero attached hydrogens (tertiary/aromatic N) is 3. The quantitative estimate of drug-likeness (QED) is 0.335. The third-order valence-corrected chi connectivity index (χ3v) is 8.39. The van der Waals surface area contributed by atoms with E-state index in [0.717, 1.165) is 55.3 Å². The highest BCUT2D eigenvalue weighted by Crippen LogP contribution is 2.33. The molecule has 0 bridgehead atoms. The number of aromatic nitrogens is 1. The highest BCUT2D eigenvalue weighted by Gasteiger charge is 2.32. The molecule has 42 heavy (non-hydrogen) atoms. The maximum atomic E-state index is 16.1. The summed E-state index contributed by atoms with van der Waals surface area (Å²) in [6.07, 6.45) is 6.21. The van der Waals surface area contributed by atoms with Crippen LogP contribution in [0.15, 0.2) is 35.3 Å². The molecule has 2 N–H and O–H groups in total. The van der Waals surface area contributed by atoms with Crippen LogP contribution in [0.4, 0.5) is 20.6 Å². The van der Waals surface area contributed by atoms with Gasteiger partial charge >= 0.3 is 12.1 Å². The van der Waals surface area contributed by atoms with Crippen molar-refractivity contribution in [2.75, 3.05) is 36.5 Å². The molecule has 1 atom stereocenters. The number of aryl methyl sites for hydroxylation is 3. The molecule has 1 fully saturated rings. The van der Waals surface area contributed by atoms with Crippen LogP contribution >= 0.6 is 0 Å². The Morgan fingerprint density at radius 3 is 2.71 bits per heavy atom. The Labute approximate surface area is 244 Å². The fourth-order valence-electron chi connectivity index (χ4n) is 6.13. The number of rotatable bonds is 9. The number of pyridine rings is 1. The number of anilines is 2. The SMILES string of the molecule is CCCCCn1cc(C(=O)O)c(=O)c2c(C)c(F)c(N3CCCCc4cc(N5CC(CNC)OC5=O)ccc4C3)cc21. The number of carboxylic acid groups (broad SMARTS) is 1. The molecule has 0 spiro atoms. The summed E-state index contributed by atoms with van der Waals surface area (Å²) in [4.78, 5) is 41.3. The van der Waals surface area contributed by atoms with Gasteiger partial charge in [-0.05, 0) is 69.0 Å². The average Bonchev–Trinajstić information content (AvgIpc) is 3.32. The normalized spacial score (nSPS) is 17.2. The number of benzene rings is 2. The fraction of sp³-hybridized carbons (Fsp3) is 0.469. The summed E-state index contributed by atoms with van der Waals surface area (Å²) in [5.74, 6) is -1.81. The van der Waals surface area contributed by atoms with Gasteiger partial charge in [0.05, 0.1) is 23.1 Å². The fourth-order valence-corrected chi connectivity index (χ4v) is 6.13. The summed E-state index contributed by atoms with van der Waals surface area (Å²) >= 11 is 0. The highest BCUT2D eigenvalue weighted by atomic mass is 19.1. The zero-order chi connectivity index (χ0) is 30.0. The smallest absolute Gasteiger partial charge is 0.414 e. The molecule has 0 aliphatic carbocycles. The number of fused-ring (bicyclic) bond motifs is 2. The van der Waals surface area contributed by atoms with Crippen molar-refractivity contribution in [2.45, 2.75) is 71.6 Å². The van der Waals surface area contributed by atoms with Gasteiger partial charge in [0.1, 0.15) is 17.5 Å². The summed E-state index contributed by atoms with van der Waals surface area (Å²) in [7, 11) is 1.83. The van der Waals surface area contributed by atoms with Crippen molar-refractivity contribution < 1.29 is 23.8 Å². The highest BCUT2D eigenvalue weighted by molar-refractivity contribution is 5.95. The second-order valence-corrected chi connectivity index (χ2v) is 11.3. The second kappa shape index (κ2) is 12.5. The van der Waals surface area contributed by atoms with Crippen molar-refractivity contribution in [3.8, 4) is 0 Å². The molecule has 2 aromatic carbocycles. The monoisotopic (exact) mass is 578 g/mol. The van der Waals surface area contributed by atoms with E-state index in [0.29, 0.717) is 43.9 Å². The van der Waals surface area contributed by atoms with Gasteiger partial charge < -0.3 is 24.6 Å². The lowest BCUT2D eigenvalue weighted by Crippen LogP contribution is -2.30. The van der Waals surface area contributed by atoms with E-state index >= 15 is 4.39 Å². The van der Waals surface area contributed by atoms with Gasteiger partial charge in [-0.2, -0.15) is 0 Å². The van der Waals surface area contributed by atoms with E-state index in [9.17, 15) is 19.5 Å². The number of carbonyl (C=O) groups is 2. The lowest BCUT2D eigenvalue weighted by Gasteiger charge is -2.30. The molecule has 1 saturated heterocycles. The number of halogens is 1. The van der Waals surface area contributed by atoms with Gasteiger partial charge in [-0.25, -0.2) is 14.0 Å². The summed E-state index contributed by atoms with van der Waals surface area (Å²) in [5, 5.41) is 12.9. The summed E-state index contributed by atoms with van der Waals surface area (Å²) < 4.78 is 23.4. The van der Waals surface area contributed by atoms with Crippen LogP contribution in [0.3, 0.4) is 0 Å². The molecule has 2 aliphatic rings. The van der Waals surface area contributed by atoms with Crippen LogP contribution in [0, 0.1) is 12.7 Å². The number of aromatic carboxylic acids is 1. The maximum Gasteiger partial charge on any atom is 0.414 e. The van der Waals surface area contributed by atoms with Gasteiger partial charge in [-0.3, -0.25) is 9.69 Å². The molecular formula is C32H39FN4O5. The minimum Gasteiger partial charge on any atom is -0.477 e. The van der Waals surface area contributed by atoms with Crippen LogP contribution < -0.4 is 20.5 Å². The molecule has 0 saturated carbocycles. The van der Waals surface area contributed by atoms with Crippen LogP contribution in [0.25, 0.3) is 10.9 Å². The Morgan fingerprint density at radius 2 is 1.98 bits per heavy atom. The Bertz CT molecular complexity index is 1570. The van der Waals surface area contributed by atoms with E-state index in [-0.39, 0.29) is 28.7 Å². The van der Waals surface area contributed by atoms with Gasteiger partial charge in [-0.1, -0.05) is 25.8 Å². The maximum absolute atomic E-state index is 16.1. The second-order valence-electron chi connectivity index (χ2n) is 11.3. The molecule has 3 aromatic rings. The number of carbonyl (C=O) groups excluding carboxylic acids is 1. The van der Waals surface area contributed by atoms with Crippen molar-refractivity contribution in [1.82, 2.24) is 9.88 Å². The van der Waals surface area contributed by atoms with Gasteiger partial charge in [-0.15, -0.1) is 0 Å². The van der Waals surface area contributed by atoms with Gasteiger partial charge in [0.15, 0.2) is 0 Å². The largest absolute Gasteiger partial charge is 0.477 e. The van der Waals surface area contributed by atoms with E-state index in [1.807, 2.05) is 30.1 Å². The number of cyclic esters (lactones) is 1. The number of hydrogen-bond acceptors (Lipinski definition) is 6. The number of amides is 1. The number of nitrogens with one attached hydrogen (secondary N) is 1. The average molecular weight is 579 g/mol. The lowest BCUT2D eigenvalue weighted by molar-refractivity contribution is 0.0694. The van der Waals surface area contributed by atoms with Crippen molar-refractivity contribution in [1.29, 1.82) is 0 Å². The Balaban J connectivity index is 1.53. The first-order valence-electron chi connectivity index (χ1n) is 14.8. The molecule has 1 aromatic heterocycles. The molecule has 10 heteroatoms. The van der Waals surface area contributed by atoms with Crippen molar-refractivity contribution in [3.05, 3.63) is 68.8 Å². The first-order valence-corrected chi connectivity index (χ1v) is 14.8. The minimum absolute atomic E-state index is 0.124. The van der Waals surface area contributed by atoms with Crippen LogP contribution in [0.5, 0.6) is 0 Å². The molecule has 3 heterocycles. The molecule has 0 radical (unpaired) electrons. The van der Waals surface area contributed by atoms with E-state index in [2.05, 4.69) is 12.2 Å². The Kier molecular flexibility index (Phi) is 8.82. The van der Waals surface area contributed by atoms with Gasteiger partial charge in [0.2, 0.25) is 5.43 Å². The molecule has 5 rings (SSSR count). The summed E-state index contributed by atoms with van der Waals surface area (Å²) in [6.45, 7) is 6.36. The molecule has 9 nitrogen and oxygen atoms in total. The zero-order valence-corrected chi connectivity index (χ0v) is 24.5. The van der Waals surface area contributed by atoms with Gasteiger partial charge in [0, 0.05) is 43.6 Å². The Hall–Kier alpha value is -3.92. The van der Waals surface area contributed by atoms with Crippen LogP contribution in [0.1, 0.15) is 66.1 Å². The topological polar surface area (TPSA) is 104 Å². The molecule has 1 amide bonds. The first-order chi connectivity index (χ1) is 20.2. The number of likely N-dealkylation sites (N-methyl/N-ethyl adjacent to an activating group) is 1. The number of unbranched alkanes of at least 4 members (excludes halogenated alkanes) is 2. The molecule has 224 valence electrons. The van der Waals surface area contributed by atoms with E-state index < -0.39 is 17.2 Å². The van der Waals surface area contributed by atoms with Crippen LogP contribution in [-0.2, 0) is 24.2 Å². The zero-order valence-electron chi connectivity index (χ0n) is 24.5. The van der Waals surface area contributed by atoms with Crippen molar-refractivity contribution in [3.63, 3.8) is 0 Å².